The number of rotatable bonds is 6. The van der Waals surface area contributed by atoms with Crippen molar-refractivity contribution in [3.63, 3.8) is 0 Å². The van der Waals surface area contributed by atoms with Crippen LogP contribution >= 0.6 is 0 Å². The summed E-state index contributed by atoms with van der Waals surface area (Å²) in [4.78, 5) is 17.4. The zero-order valence-corrected chi connectivity index (χ0v) is 15.2. The minimum Gasteiger partial charge on any atom is -0.493 e. The normalized spacial score (nSPS) is 27.0. The molecule has 1 aliphatic heterocycles. The largest absolute Gasteiger partial charge is 0.493 e. The predicted molar refractivity (Wildman–Crippen MR) is 97.8 cm³/mol. The zero-order valence-electron chi connectivity index (χ0n) is 15.2. The Bertz CT molecular complexity index is 709. The Morgan fingerprint density at radius 2 is 1.96 bits per heavy atom. The van der Waals surface area contributed by atoms with E-state index in [1.54, 1.807) is 14.2 Å². The van der Waals surface area contributed by atoms with Gasteiger partial charge in [-0.2, -0.15) is 0 Å². The molecule has 4 rings (SSSR count). The van der Waals surface area contributed by atoms with E-state index in [9.17, 15) is 4.79 Å². The number of ketones is 1. The molecular formula is C21H27NO3. The highest BCUT2D eigenvalue weighted by Crippen LogP contribution is 2.49. The van der Waals surface area contributed by atoms with E-state index in [1.165, 1.54) is 31.2 Å². The summed E-state index contributed by atoms with van der Waals surface area (Å²) in [6, 6.07) is 4.01. The molecule has 2 aliphatic carbocycles. The Balaban J connectivity index is 1.48. The standard InChI is InChI=1S/C21H27NO3/c1-24-20-10-15-5-6-22-19(18(15)12-21(20)25-2)11-17(23)9-16-8-13-3-4-14(16)7-13/h10,12-14,16H,3-9,11H2,1-2H3/t13-,14-,16-/m1/s1. The molecule has 0 aromatic heterocycles. The van der Waals surface area contributed by atoms with E-state index in [-0.39, 0.29) is 0 Å². The number of aliphatic imine (C=N–C) groups is 1. The second kappa shape index (κ2) is 6.81. The van der Waals surface area contributed by atoms with Gasteiger partial charge in [0.05, 0.1) is 14.2 Å². The van der Waals surface area contributed by atoms with Crippen LogP contribution in [0.1, 0.15) is 49.7 Å². The third kappa shape index (κ3) is 3.19. The second-order valence-corrected chi connectivity index (χ2v) is 7.80. The lowest BCUT2D eigenvalue weighted by molar-refractivity contribution is -0.119. The lowest BCUT2D eigenvalue weighted by Crippen LogP contribution is -2.20. The van der Waals surface area contributed by atoms with Crippen LogP contribution < -0.4 is 9.47 Å². The number of Topliss-reactive ketones (excluding diaryl/α,β-unsaturated/α-hetero) is 1. The molecule has 0 saturated heterocycles. The highest BCUT2D eigenvalue weighted by Gasteiger charge is 2.40. The Hall–Kier alpha value is -1.84. The number of carbonyl (C=O) groups excluding carboxylic acids is 1. The molecule has 3 atom stereocenters. The van der Waals surface area contributed by atoms with Gasteiger partial charge >= 0.3 is 0 Å². The number of hydrogen-bond donors (Lipinski definition) is 0. The first-order valence-electron chi connectivity index (χ1n) is 9.48. The smallest absolute Gasteiger partial charge is 0.161 e. The molecule has 2 bridgehead atoms. The van der Waals surface area contributed by atoms with Crippen LogP contribution in [-0.2, 0) is 11.2 Å². The van der Waals surface area contributed by atoms with E-state index in [2.05, 4.69) is 4.99 Å². The molecule has 25 heavy (non-hydrogen) atoms. The van der Waals surface area contributed by atoms with Crippen molar-refractivity contribution in [2.24, 2.45) is 22.7 Å². The summed E-state index contributed by atoms with van der Waals surface area (Å²) in [7, 11) is 3.30. The fourth-order valence-corrected chi connectivity index (χ4v) is 5.12. The van der Waals surface area contributed by atoms with Crippen molar-refractivity contribution >= 4 is 11.5 Å². The summed E-state index contributed by atoms with van der Waals surface area (Å²) >= 11 is 0. The fourth-order valence-electron chi connectivity index (χ4n) is 5.12. The van der Waals surface area contributed by atoms with Gasteiger partial charge in [0.25, 0.3) is 0 Å². The van der Waals surface area contributed by atoms with Crippen molar-refractivity contribution in [1.29, 1.82) is 0 Å². The number of fused-ring (bicyclic) bond motifs is 3. The summed E-state index contributed by atoms with van der Waals surface area (Å²) < 4.78 is 10.8. The molecule has 4 heteroatoms. The van der Waals surface area contributed by atoms with Crippen molar-refractivity contribution in [3.8, 4) is 11.5 Å². The minimum absolute atomic E-state index is 0.346. The SMILES string of the molecule is COc1cc2c(cc1OC)C(CC(=O)C[C@H]1C[C@@H]3CC[C@@H]1C3)=NCC2. The van der Waals surface area contributed by atoms with Crippen LogP contribution in [0.3, 0.4) is 0 Å². The Labute approximate surface area is 149 Å². The van der Waals surface area contributed by atoms with Crippen LogP contribution in [0.2, 0.25) is 0 Å². The van der Waals surface area contributed by atoms with Crippen molar-refractivity contribution in [3.05, 3.63) is 23.3 Å². The van der Waals surface area contributed by atoms with Gasteiger partial charge in [-0.3, -0.25) is 9.79 Å². The van der Waals surface area contributed by atoms with Crippen LogP contribution in [0.4, 0.5) is 0 Å². The number of nitrogens with zero attached hydrogens (tertiary/aromatic N) is 1. The molecule has 3 aliphatic rings. The Morgan fingerprint density at radius 1 is 1.16 bits per heavy atom. The highest BCUT2D eigenvalue weighted by molar-refractivity contribution is 6.12. The average Bonchev–Trinajstić information content (AvgIpc) is 3.23. The van der Waals surface area contributed by atoms with E-state index in [4.69, 9.17) is 9.47 Å². The Morgan fingerprint density at radius 3 is 2.64 bits per heavy atom. The van der Waals surface area contributed by atoms with Gasteiger partial charge in [-0.25, -0.2) is 0 Å². The van der Waals surface area contributed by atoms with Gasteiger partial charge in [-0.1, -0.05) is 6.42 Å². The Kier molecular flexibility index (Phi) is 4.53. The number of hydrogen-bond acceptors (Lipinski definition) is 4. The molecule has 2 saturated carbocycles. The average molecular weight is 341 g/mol. The van der Waals surface area contributed by atoms with Crippen molar-refractivity contribution in [2.75, 3.05) is 20.8 Å². The van der Waals surface area contributed by atoms with Crippen molar-refractivity contribution < 1.29 is 14.3 Å². The quantitative estimate of drug-likeness (QED) is 0.790. The third-order valence-electron chi connectivity index (χ3n) is 6.34. The first-order valence-corrected chi connectivity index (χ1v) is 9.48. The number of carbonyl (C=O) groups is 1. The van der Waals surface area contributed by atoms with E-state index in [1.807, 2.05) is 12.1 Å². The van der Waals surface area contributed by atoms with E-state index in [0.29, 0.717) is 23.9 Å². The summed E-state index contributed by atoms with van der Waals surface area (Å²) in [6.07, 6.45) is 7.43. The van der Waals surface area contributed by atoms with Crippen molar-refractivity contribution in [2.45, 2.75) is 44.9 Å². The molecule has 0 radical (unpaired) electrons. The third-order valence-corrected chi connectivity index (χ3v) is 6.34. The van der Waals surface area contributed by atoms with E-state index < -0.39 is 0 Å². The van der Waals surface area contributed by atoms with Crippen LogP contribution in [0.25, 0.3) is 0 Å². The molecule has 0 amide bonds. The zero-order chi connectivity index (χ0) is 17.4. The number of benzene rings is 1. The van der Waals surface area contributed by atoms with Crippen LogP contribution in [-0.4, -0.2) is 32.3 Å². The first-order chi connectivity index (χ1) is 12.2. The maximum atomic E-state index is 12.7. The molecule has 2 fully saturated rings. The van der Waals surface area contributed by atoms with Crippen LogP contribution in [0, 0.1) is 17.8 Å². The lowest BCUT2D eigenvalue weighted by Gasteiger charge is -2.22. The minimum atomic E-state index is 0.346. The van der Waals surface area contributed by atoms with Crippen LogP contribution in [0.5, 0.6) is 11.5 Å². The van der Waals surface area contributed by atoms with Gasteiger partial charge in [-0.05, 0) is 61.1 Å². The maximum absolute atomic E-state index is 12.7. The number of methoxy groups -OCH3 is 2. The molecule has 0 N–H and O–H groups in total. The number of ether oxygens (including phenoxy) is 2. The second-order valence-electron chi connectivity index (χ2n) is 7.80. The monoisotopic (exact) mass is 341 g/mol. The fraction of sp³-hybridized carbons (Fsp3) is 0.619. The molecule has 1 aromatic carbocycles. The lowest BCUT2D eigenvalue weighted by atomic mass is 9.84. The van der Waals surface area contributed by atoms with Gasteiger partial charge in [0.2, 0.25) is 0 Å². The molecule has 134 valence electrons. The van der Waals surface area contributed by atoms with Crippen LogP contribution in [0.15, 0.2) is 17.1 Å². The highest BCUT2D eigenvalue weighted by atomic mass is 16.5. The molecule has 1 aromatic rings. The molecule has 1 heterocycles. The van der Waals surface area contributed by atoms with Crippen molar-refractivity contribution in [1.82, 2.24) is 0 Å². The summed E-state index contributed by atoms with van der Waals surface area (Å²) in [5.41, 5.74) is 3.19. The summed E-state index contributed by atoms with van der Waals surface area (Å²) in [6.45, 7) is 0.749. The first kappa shape index (κ1) is 16.6. The van der Waals surface area contributed by atoms with Gasteiger partial charge in [0.15, 0.2) is 11.5 Å². The van der Waals surface area contributed by atoms with Gasteiger partial charge in [-0.15, -0.1) is 0 Å². The summed E-state index contributed by atoms with van der Waals surface area (Å²) in [5, 5.41) is 0. The molecule has 0 unspecified atom stereocenters. The predicted octanol–water partition coefficient (Wildman–Crippen LogP) is 3.83. The molecule has 0 spiro atoms. The van der Waals surface area contributed by atoms with Gasteiger partial charge in [0.1, 0.15) is 5.78 Å². The summed E-state index contributed by atoms with van der Waals surface area (Å²) in [5.74, 6) is 4.12. The maximum Gasteiger partial charge on any atom is 0.161 e. The molecular weight excluding hydrogens is 314 g/mol. The van der Waals surface area contributed by atoms with Gasteiger partial charge < -0.3 is 9.47 Å². The topological polar surface area (TPSA) is 47.9 Å². The van der Waals surface area contributed by atoms with E-state index >= 15 is 0 Å². The van der Waals surface area contributed by atoms with Gasteiger partial charge in [0, 0.05) is 30.7 Å². The molecule has 4 nitrogen and oxygen atoms in total. The van der Waals surface area contributed by atoms with E-state index in [0.717, 1.165) is 48.2 Å².